The fourth-order valence-corrected chi connectivity index (χ4v) is 2.12. The second-order valence-corrected chi connectivity index (χ2v) is 4.72. The molecule has 106 valence electrons. The van der Waals surface area contributed by atoms with Gasteiger partial charge < -0.3 is 19.9 Å². The largest absolute Gasteiger partial charge is 0.376 e. The van der Waals surface area contributed by atoms with Gasteiger partial charge >= 0.3 is 0 Å². The van der Waals surface area contributed by atoms with Gasteiger partial charge in [-0.15, -0.1) is 0 Å². The van der Waals surface area contributed by atoms with Gasteiger partial charge in [0.1, 0.15) is 0 Å². The monoisotopic (exact) mass is 266 g/mol. The van der Waals surface area contributed by atoms with Gasteiger partial charge in [0.15, 0.2) is 0 Å². The molecule has 6 nitrogen and oxygen atoms in total. The summed E-state index contributed by atoms with van der Waals surface area (Å²) in [6.07, 6.45) is 8.24. The molecule has 0 spiro atoms. The van der Waals surface area contributed by atoms with Gasteiger partial charge in [0.25, 0.3) is 0 Å². The molecule has 0 bridgehead atoms. The molecule has 0 atom stereocenters. The summed E-state index contributed by atoms with van der Waals surface area (Å²) < 4.78 is 7.61. The molecule has 1 aromatic rings. The number of rotatable bonds is 7. The Bertz CT molecular complexity index is 361. The number of ether oxygens (including phenoxy) is 1. The summed E-state index contributed by atoms with van der Waals surface area (Å²) in [4.78, 5) is 15.5. The van der Waals surface area contributed by atoms with Crippen molar-refractivity contribution in [3.05, 3.63) is 18.7 Å². The highest BCUT2D eigenvalue weighted by atomic mass is 16.5. The average molecular weight is 266 g/mol. The van der Waals surface area contributed by atoms with Crippen LogP contribution in [0.1, 0.15) is 19.3 Å². The van der Waals surface area contributed by atoms with Gasteiger partial charge in [0.05, 0.1) is 19.0 Å². The normalized spacial score (nSPS) is 16.4. The zero-order valence-electron chi connectivity index (χ0n) is 11.2. The van der Waals surface area contributed by atoms with Crippen molar-refractivity contribution < 1.29 is 9.53 Å². The molecule has 6 heteroatoms. The van der Waals surface area contributed by atoms with Crippen molar-refractivity contribution in [2.24, 2.45) is 0 Å². The molecule has 1 aliphatic rings. The molecule has 1 aliphatic heterocycles. The summed E-state index contributed by atoms with van der Waals surface area (Å²) in [5.74, 6) is 0.0580. The van der Waals surface area contributed by atoms with Crippen molar-refractivity contribution in [1.82, 2.24) is 20.2 Å². The number of aryl methyl sites for hydroxylation is 1. The lowest BCUT2D eigenvalue weighted by Crippen LogP contribution is -2.34. The van der Waals surface area contributed by atoms with Crippen LogP contribution in [-0.2, 0) is 16.1 Å². The molecular formula is C13H22N4O2. The third kappa shape index (κ3) is 5.40. The number of piperidine rings is 1. The zero-order chi connectivity index (χ0) is 13.3. The molecule has 2 rings (SSSR count). The third-order valence-corrected chi connectivity index (χ3v) is 3.22. The van der Waals surface area contributed by atoms with E-state index in [0.29, 0.717) is 32.2 Å². The van der Waals surface area contributed by atoms with Crippen LogP contribution >= 0.6 is 0 Å². The number of aromatic nitrogens is 2. The van der Waals surface area contributed by atoms with Crippen molar-refractivity contribution >= 4 is 5.91 Å². The molecular weight excluding hydrogens is 244 g/mol. The Hall–Kier alpha value is -1.40. The summed E-state index contributed by atoms with van der Waals surface area (Å²) >= 11 is 0. The fourth-order valence-electron chi connectivity index (χ4n) is 2.12. The van der Waals surface area contributed by atoms with Gasteiger partial charge in [0, 0.05) is 31.9 Å². The number of carbonyl (C=O) groups excluding carboxylic acids is 1. The van der Waals surface area contributed by atoms with Crippen molar-refractivity contribution in [2.45, 2.75) is 31.9 Å². The summed E-state index contributed by atoms with van der Waals surface area (Å²) in [6, 6.07) is 0. The second kappa shape index (κ2) is 7.91. The van der Waals surface area contributed by atoms with Crippen LogP contribution in [0.3, 0.4) is 0 Å². The molecule has 0 saturated carbocycles. The highest BCUT2D eigenvalue weighted by molar-refractivity contribution is 5.75. The number of hydrogen-bond acceptors (Lipinski definition) is 4. The van der Waals surface area contributed by atoms with E-state index in [0.717, 1.165) is 25.9 Å². The molecule has 1 aromatic heterocycles. The third-order valence-electron chi connectivity index (χ3n) is 3.22. The lowest BCUT2D eigenvalue weighted by Gasteiger charge is -2.22. The smallest absolute Gasteiger partial charge is 0.221 e. The Kier molecular flexibility index (Phi) is 5.84. The van der Waals surface area contributed by atoms with Crippen LogP contribution in [0.4, 0.5) is 0 Å². The van der Waals surface area contributed by atoms with E-state index < -0.39 is 0 Å². The van der Waals surface area contributed by atoms with Crippen LogP contribution in [0.5, 0.6) is 0 Å². The maximum absolute atomic E-state index is 11.6. The first kappa shape index (κ1) is 14.0. The van der Waals surface area contributed by atoms with E-state index in [1.54, 1.807) is 12.5 Å². The minimum atomic E-state index is 0.0580. The van der Waals surface area contributed by atoms with Gasteiger partial charge in [-0.2, -0.15) is 0 Å². The van der Waals surface area contributed by atoms with Crippen LogP contribution in [-0.4, -0.2) is 47.8 Å². The number of nitrogens with zero attached hydrogens (tertiary/aromatic N) is 2. The zero-order valence-corrected chi connectivity index (χ0v) is 11.2. The standard InChI is InChI=1S/C13H22N4O2/c18-13(3-8-17-9-6-15-11-17)16-7-10-19-12-1-4-14-5-2-12/h6,9,11-12,14H,1-5,7-8,10H2,(H,16,18). The highest BCUT2D eigenvalue weighted by Gasteiger charge is 2.12. The van der Waals surface area contributed by atoms with Gasteiger partial charge in [-0.3, -0.25) is 4.79 Å². The number of imidazole rings is 1. The van der Waals surface area contributed by atoms with Gasteiger partial charge in [-0.05, 0) is 25.9 Å². The Morgan fingerprint density at radius 3 is 3.05 bits per heavy atom. The average Bonchev–Trinajstić information content (AvgIpc) is 2.96. The van der Waals surface area contributed by atoms with E-state index in [-0.39, 0.29) is 5.91 Å². The molecule has 0 aromatic carbocycles. The topological polar surface area (TPSA) is 68.2 Å². The lowest BCUT2D eigenvalue weighted by molar-refractivity contribution is -0.121. The second-order valence-electron chi connectivity index (χ2n) is 4.72. The molecule has 0 radical (unpaired) electrons. The van der Waals surface area contributed by atoms with E-state index in [1.807, 2.05) is 10.8 Å². The van der Waals surface area contributed by atoms with E-state index in [9.17, 15) is 4.79 Å². The van der Waals surface area contributed by atoms with E-state index in [1.165, 1.54) is 0 Å². The molecule has 1 saturated heterocycles. The number of carbonyl (C=O) groups is 1. The maximum Gasteiger partial charge on any atom is 0.221 e. The minimum Gasteiger partial charge on any atom is -0.376 e. The Labute approximate surface area is 113 Å². The van der Waals surface area contributed by atoms with Gasteiger partial charge in [-0.25, -0.2) is 4.98 Å². The van der Waals surface area contributed by atoms with Crippen LogP contribution in [0, 0.1) is 0 Å². The van der Waals surface area contributed by atoms with Crippen molar-refractivity contribution in [1.29, 1.82) is 0 Å². The van der Waals surface area contributed by atoms with Gasteiger partial charge in [-0.1, -0.05) is 0 Å². The quantitative estimate of drug-likeness (QED) is 0.690. The molecule has 19 heavy (non-hydrogen) atoms. The van der Waals surface area contributed by atoms with Crippen LogP contribution in [0.2, 0.25) is 0 Å². The first-order chi connectivity index (χ1) is 9.34. The first-order valence-corrected chi connectivity index (χ1v) is 6.89. The summed E-state index contributed by atoms with van der Waals surface area (Å²) in [5, 5.41) is 6.17. The summed E-state index contributed by atoms with van der Waals surface area (Å²) in [5.41, 5.74) is 0. The van der Waals surface area contributed by atoms with E-state index in [4.69, 9.17) is 4.74 Å². The van der Waals surface area contributed by atoms with Crippen molar-refractivity contribution in [2.75, 3.05) is 26.2 Å². The van der Waals surface area contributed by atoms with Crippen LogP contribution in [0.15, 0.2) is 18.7 Å². The van der Waals surface area contributed by atoms with Crippen LogP contribution < -0.4 is 10.6 Å². The number of hydrogen-bond donors (Lipinski definition) is 2. The highest BCUT2D eigenvalue weighted by Crippen LogP contribution is 2.06. The summed E-state index contributed by atoms with van der Waals surface area (Å²) in [7, 11) is 0. The van der Waals surface area contributed by atoms with Crippen molar-refractivity contribution in [3.63, 3.8) is 0 Å². The Balaban J connectivity index is 1.49. The van der Waals surface area contributed by atoms with Crippen LogP contribution in [0.25, 0.3) is 0 Å². The van der Waals surface area contributed by atoms with Crippen molar-refractivity contribution in [3.8, 4) is 0 Å². The molecule has 0 aliphatic carbocycles. The van der Waals surface area contributed by atoms with Gasteiger partial charge in [0.2, 0.25) is 5.91 Å². The maximum atomic E-state index is 11.6. The Morgan fingerprint density at radius 2 is 2.32 bits per heavy atom. The predicted molar refractivity (Wildman–Crippen MR) is 71.7 cm³/mol. The minimum absolute atomic E-state index is 0.0580. The predicted octanol–water partition coefficient (Wildman–Crippen LogP) is 0.158. The lowest BCUT2D eigenvalue weighted by atomic mass is 10.1. The molecule has 0 unspecified atom stereocenters. The van der Waals surface area contributed by atoms with E-state index in [2.05, 4.69) is 15.6 Å². The SMILES string of the molecule is O=C(CCn1ccnc1)NCCOC1CCNCC1. The molecule has 1 amide bonds. The van der Waals surface area contributed by atoms with E-state index >= 15 is 0 Å². The summed E-state index contributed by atoms with van der Waals surface area (Å²) in [6.45, 7) is 3.92. The number of amides is 1. The molecule has 2 heterocycles. The Morgan fingerprint density at radius 1 is 1.47 bits per heavy atom. The molecule has 2 N–H and O–H groups in total. The molecule has 1 fully saturated rings. The fraction of sp³-hybridized carbons (Fsp3) is 0.692. The first-order valence-electron chi connectivity index (χ1n) is 6.89. The number of nitrogens with one attached hydrogen (secondary N) is 2.